The second-order valence-electron chi connectivity index (χ2n) is 8.56. The highest BCUT2D eigenvalue weighted by molar-refractivity contribution is 6.35. The molecule has 2 rings (SSSR count). The lowest BCUT2D eigenvalue weighted by Gasteiger charge is -2.27. The predicted molar refractivity (Wildman–Crippen MR) is 118 cm³/mol. The number of likely N-dealkylation sites (N-methyl/N-ethyl adjacent to an activating group) is 1. The molecule has 1 aromatic rings. The van der Waals surface area contributed by atoms with E-state index in [1.807, 2.05) is 0 Å². The first-order valence-corrected chi connectivity index (χ1v) is 11.5. The molecule has 1 aliphatic rings. The largest absolute Gasteiger partial charge is 0.481 e. The van der Waals surface area contributed by atoms with Crippen molar-refractivity contribution in [1.29, 1.82) is 0 Å². The van der Waals surface area contributed by atoms with E-state index in [4.69, 9.17) is 5.11 Å². The number of halogens is 4. The summed E-state index contributed by atoms with van der Waals surface area (Å²) < 4.78 is 58.9. The van der Waals surface area contributed by atoms with Gasteiger partial charge < -0.3 is 25.8 Å². The lowest BCUT2D eigenvalue weighted by Crippen LogP contribution is -2.55. The molecule has 204 valence electrons. The van der Waals surface area contributed by atoms with Crippen LogP contribution in [0, 0.1) is 29.2 Å². The van der Waals surface area contributed by atoms with Gasteiger partial charge in [-0.15, -0.1) is 0 Å². The molecule has 3 amide bonds. The Morgan fingerprint density at radius 1 is 0.946 bits per heavy atom. The standard InChI is InChI=1S/C23H27F4N3O7/c1-28-22(35)23(36)30-15(7-11-5-3-2-4-6-11)21(34)29-14(9-17(32)33)16(31)10-37-20-18(26)12(24)8-13(25)19(20)27/h8,11,14-15H,2-7,9-10H2,1H3,(H,28,35)(H,29,34)(H,30,36)(H,32,33)/t14-,15-/m0/s1. The molecule has 0 radical (unpaired) electrons. The number of carbonyl (C=O) groups excluding carboxylic acids is 4. The van der Waals surface area contributed by atoms with Crippen LogP contribution in [0.1, 0.15) is 44.9 Å². The van der Waals surface area contributed by atoms with Gasteiger partial charge in [-0.25, -0.2) is 8.78 Å². The summed E-state index contributed by atoms with van der Waals surface area (Å²) in [6.45, 7) is -1.24. The third kappa shape index (κ3) is 8.43. The van der Waals surface area contributed by atoms with E-state index in [1.165, 1.54) is 7.05 Å². The van der Waals surface area contributed by atoms with E-state index in [-0.39, 0.29) is 18.4 Å². The smallest absolute Gasteiger partial charge is 0.309 e. The second kappa shape index (κ2) is 13.6. The summed E-state index contributed by atoms with van der Waals surface area (Å²) in [5, 5.41) is 15.7. The van der Waals surface area contributed by atoms with Crippen molar-refractivity contribution in [1.82, 2.24) is 16.0 Å². The zero-order valence-corrected chi connectivity index (χ0v) is 19.9. The van der Waals surface area contributed by atoms with Crippen molar-refractivity contribution < 1.29 is 51.4 Å². The first-order chi connectivity index (χ1) is 17.4. The van der Waals surface area contributed by atoms with Crippen molar-refractivity contribution in [3.05, 3.63) is 29.3 Å². The minimum Gasteiger partial charge on any atom is -0.481 e. The fourth-order valence-corrected chi connectivity index (χ4v) is 3.94. The maximum absolute atomic E-state index is 13.8. The molecule has 0 spiro atoms. The van der Waals surface area contributed by atoms with Crippen LogP contribution in [0.15, 0.2) is 6.07 Å². The number of Topliss-reactive ketones (excluding diaryl/α,β-unsaturated/α-hetero) is 1. The number of amides is 3. The first-order valence-electron chi connectivity index (χ1n) is 11.5. The summed E-state index contributed by atoms with van der Waals surface area (Å²) >= 11 is 0. The van der Waals surface area contributed by atoms with Gasteiger partial charge in [0, 0.05) is 13.1 Å². The van der Waals surface area contributed by atoms with Gasteiger partial charge in [0.1, 0.15) is 18.7 Å². The minimum atomic E-state index is -1.91. The quantitative estimate of drug-likeness (QED) is 0.190. The third-order valence-corrected chi connectivity index (χ3v) is 5.86. The molecule has 0 saturated heterocycles. The molecule has 1 aliphatic carbocycles. The first kappa shape index (κ1) is 29.5. The van der Waals surface area contributed by atoms with Crippen LogP contribution >= 0.6 is 0 Å². The number of ether oxygens (including phenoxy) is 1. The van der Waals surface area contributed by atoms with Gasteiger partial charge >= 0.3 is 17.8 Å². The molecule has 1 fully saturated rings. The van der Waals surface area contributed by atoms with Crippen LogP contribution in [0.2, 0.25) is 0 Å². The molecule has 0 unspecified atom stereocenters. The summed E-state index contributed by atoms with van der Waals surface area (Å²) in [6.07, 6.45) is 3.44. The van der Waals surface area contributed by atoms with Gasteiger partial charge in [-0.05, 0) is 12.3 Å². The molecule has 1 aromatic carbocycles. The van der Waals surface area contributed by atoms with Gasteiger partial charge in [0.15, 0.2) is 23.2 Å². The van der Waals surface area contributed by atoms with Crippen LogP contribution < -0.4 is 20.7 Å². The number of carbonyl (C=O) groups is 5. The van der Waals surface area contributed by atoms with Crippen LogP contribution in [0.5, 0.6) is 5.75 Å². The van der Waals surface area contributed by atoms with E-state index in [9.17, 15) is 41.5 Å². The van der Waals surface area contributed by atoms with E-state index in [0.29, 0.717) is 0 Å². The molecule has 0 bridgehead atoms. The van der Waals surface area contributed by atoms with Gasteiger partial charge in [0.2, 0.25) is 17.5 Å². The molecular formula is C23H27F4N3O7. The molecule has 1 saturated carbocycles. The van der Waals surface area contributed by atoms with Gasteiger partial charge in [-0.3, -0.25) is 24.0 Å². The van der Waals surface area contributed by atoms with Crippen molar-refractivity contribution in [2.45, 2.75) is 57.0 Å². The minimum absolute atomic E-state index is 0.0141. The summed E-state index contributed by atoms with van der Waals surface area (Å²) in [4.78, 5) is 60.6. The van der Waals surface area contributed by atoms with Crippen LogP contribution in [-0.4, -0.2) is 60.3 Å². The van der Waals surface area contributed by atoms with E-state index in [2.05, 4.69) is 20.7 Å². The van der Waals surface area contributed by atoms with E-state index in [1.54, 1.807) is 0 Å². The second-order valence-corrected chi connectivity index (χ2v) is 8.56. The molecule has 14 heteroatoms. The number of hydrogen-bond acceptors (Lipinski definition) is 6. The Labute approximate surface area is 209 Å². The lowest BCUT2D eigenvalue weighted by molar-refractivity contribution is -0.142. The Morgan fingerprint density at radius 3 is 2.08 bits per heavy atom. The highest BCUT2D eigenvalue weighted by Crippen LogP contribution is 2.28. The molecular weight excluding hydrogens is 506 g/mol. The summed E-state index contributed by atoms with van der Waals surface area (Å²) in [6, 6.07) is -3.16. The highest BCUT2D eigenvalue weighted by atomic mass is 19.2. The Hall–Kier alpha value is -3.71. The fraction of sp³-hybridized carbons (Fsp3) is 0.522. The van der Waals surface area contributed by atoms with Crippen molar-refractivity contribution >= 4 is 29.5 Å². The van der Waals surface area contributed by atoms with Gasteiger partial charge in [0.05, 0.1) is 6.42 Å². The van der Waals surface area contributed by atoms with E-state index >= 15 is 0 Å². The van der Waals surface area contributed by atoms with E-state index < -0.39 is 83.6 Å². The number of ketones is 1. The zero-order chi connectivity index (χ0) is 27.7. The number of aliphatic carboxylic acids is 1. The Balaban J connectivity index is 2.18. The van der Waals surface area contributed by atoms with E-state index in [0.717, 1.165) is 32.1 Å². The molecule has 0 aromatic heterocycles. The average molecular weight is 533 g/mol. The predicted octanol–water partition coefficient (Wildman–Crippen LogP) is 1.35. The number of rotatable bonds is 11. The summed E-state index contributed by atoms with van der Waals surface area (Å²) in [5.41, 5.74) is 0. The molecule has 4 N–H and O–H groups in total. The monoisotopic (exact) mass is 533 g/mol. The zero-order valence-electron chi connectivity index (χ0n) is 19.9. The molecule has 0 heterocycles. The van der Waals surface area contributed by atoms with Crippen LogP contribution in [0.3, 0.4) is 0 Å². The van der Waals surface area contributed by atoms with Crippen LogP contribution in [-0.2, 0) is 24.0 Å². The number of nitrogens with one attached hydrogen (secondary N) is 3. The maximum atomic E-state index is 13.8. The van der Waals surface area contributed by atoms with Crippen molar-refractivity contribution in [3.63, 3.8) is 0 Å². The molecule has 37 heavy (non-hydrogen) atoms. The third-order valence-electron chi connectivity index (χ3n) is 5.86. The Morgan fingerprint density at radius 2 is 1.54 bits per heavy atom. The van der Waals surface area contributed by atoms with Crippen LogP contribution in [0.4, 0.5) is 17.6 Å². The Bertz CT molecular complexity index is 1020. The topological polar surface area (TPSA) is 151 Å². The highest BCUT2D eigenvalue weighted by Gasteiger charge is 2.32. The van der Waals surface area contributed by atoms with Gasteiger partial charge in [0.25, 0.3) is 0 Å². The molecule has 0 aliphatic heterocycles. The van der Waals surface area contributed by atoms with Crippen molar-refractivity contribution in [3.8, 4) is 5.75 Å². The lowest BCUT2D eigenvalue weighted by atomic mass is 9.84. The number of carboxylic acid groups (broad SMARTS) is 1. The average Bonchev–Trinajstić information content (AvgIpc) is 2.86. The number of hydrogen-bond donors (Lipinski definition) is 4. The van der Waals surface area contributed by atoms with Gasteiger partial charge in [-0.2, -0.15) is 8.78 Å². The van der Waals surface area contributed by atoms with Crippen LogP contribution in [0.25, 0.3) is 0 Å². The Kier molecular flexibility index (Phi) is 10.8. The van der Waals surface area contributed by atoms with Crippen molar-refractivity contribution in [2.75, 3.05) is 13.7 Å². The number of carboxylic acids is 1. The summed E-state index contributed by atoms with van der Waals surface area (Å²) in [5.74, 6) is -14.7. The van der Waals surface area contributed by atoms with Gasteiger partial charge in [-0.1, -0.05) is 32.1 Å². The SMILES string of the molecule is CNC(=O)C(=O)N[C@@H](CC1CCCCC1)C(=O)N[C@@H](CC(=O)O)C(=O)COc1c(F)c(F)cc(F)c1F. The molecule has 10 nitrogen and oxygen atoms in total. The fourth-order valence-electron chi connectivity index (χ4n) is 3.94. The number of benzene rings is 1. The maximum Gasteiger partial charge on any atom is 0.309 e. The summed E-state index contributed by atoms with van der Waals surface area (Å²) in [7, 11) is 1.20. The van der Waals surface area contributed by atoms with Crippen molar-refractivity contribution in [2.24, 2.45) is 5.92 Å². The normalized spacial score (nSPS) is 15.3. The molecule has 2 atom stereocenters.